The third-order valence-corrected chi connectivity index (χ3v) is 3.29. The maximum Gasteiger partial charge on any atom is 0.00612 e. The summed E-state index contributed by atoms with van der Waals surface area (Å²) in [5.74, 6) is 0. The van der Waals surface area contributed by atoms with Crippen molar-refractivity contribution < 1.29 is 0 Å². The molecule has 0 spiro atoms. The Bertz CT molecular complexity index is 136. The third kappa shape index (κ3) is 7.80. The fourth-order valence-corrected chi connectivity index (χ4v) is 1.79. The van der Waals surface area contributed by atoms with Crippen LogP contribution in [0.15, 0.2) is 0 Å². The lowest BCUT2D eigenvalue weighted by atomic mass is 10.1. The van der Waals surface area contributed by atoms with Crippen molar-refractivity contribution >= 4 is 0 Å². The average molecular weight is 214 g/mol. The topological polar surface area (TPSA) is 15.3 Å². The van der Waals surface area contributed by atoms with Gasteiger partial charge in [-0.1, -0.05) is 20.3 Å². The van der Waals surface area contributed by atoms with Gasteiger partial charge < -0.3 is 10.2 Å². The molecule has 0 fully saturated rings. The highest BCUT2D eigenvalue weighted by Crippen LogP contribution is 2.05. The third-order valence-electron chi connectivity index (χ3n) is 3.29. The second kappa shape index (κ2) is 9.17. The van der Waals surface area contributed by atoms with Crippen LogP contribution in [0.1, 0.15) is 53.4 Å². The van der Waals surface area contributed by atoms with E-state index in [4.69, 9.17) is 0 Å². The molecule has 2 nitrogen and oxygen atoms in total. The predicted octanol–water partition coefficient (Wildman–Crippen LogP) is 2.89. The lowest BCUT2D eigenvalue weighted by molar-refractivity contribution is 0.245. The zero-order valence-corrected chi connectivity index (χ0v) is 11.3. The van der Waals surface area contributed by atoms with Crippen molar-refractivity contribution in [2.75, 3.05) is 20.1 Å². The number of nitrogens with zero attached hydrogens (tertiary/aromatic N) is 1. The summed E-state index contributed by atoms with van der Waals surface area (Å²) in [7, 11) is 2.24. The Kier molecular flexibility index (Phi) is 9.12. The second-order valence-corrected chi connectivity index (χ2v) is 4.69. The molecular weight excluding hydrogens is 184 g/mol. The summed E-state index contributed by atoms with van der Waals surface area (Å²) in [5, 5.41) is 3.45. The molecule has 0 aliphatic carbocycles. The molecule has 1 N–H and O–H groups in total. The van der Waals surface area contributed by atoms with E-state index in [9.17, 15) is 0 Å². The van der Waals surface area contributed by atoms with E-state index >= 15 is 0 Å². The first-order valence-corrected chi connectivity index (χ1v) is 6.55. The molecule has 2 heteroatoms. The Morgan fingerprint density at radius 2 is 1.80 bits per heavy atom. The van der Waals surface area contributed by atoms with Gasteiger partial charge in [0.1, 0.15) is 0 Å². The summed E-state index contributed by atoms with van der Waals surface area (Å²) in [5.41, 5.74) is 0. The van der Waals surface area contributed by atoms with E-state index in [1.807, 2.05) is 0 Å². The van der Waals surface area contributed by atoms with E-state index in [2.05, 4.69) is 45.0 Å². The van der Waals surface area contributed by atoms with E-state index in [1.165, 1.54) is 32.2 Å². The van der Waals surface area contributed by atoms with Crippen LogP contribution in [0.3, 0.4) is 0 Å². The molecule has 0 heterocycles. The highest BCUT2D eigenvalue weighted by molar-refractivity contribution is 4.63. The van der Waals surface area contributed by atoms with Gasteiger partial charge in [0.2, 0.25) is 0 Å². The number of nitrogens with one attached hydrogen (secondary N) is 1. The van der Waals surface area contributed by atoms with Crippen molar-refractivity contribution in [2.45, 2.75) is 65.5 Å². The molecule has 0 aliphatic rings. The molecule has 0 radical (unpaired) electrons. The minimum atomic E-state index is 0.684. The summed E-state index contributed by atoms with van der Waals surface area (Å²) in [6.07, 6.45) is 5.23. The molecule has 0 rings (SSSR count). The van der Waals surface area contributed by atoms with Crippen LogP contribution in [0.25, 0.3) is 0 Å². The smallest absolute Gasteiger partial charge is 0.00612 e. The molecule has 0 bridgehead atoms. The van der Waals surface area contributed by atoms with Crippen LogP contribution in [0.4, 0.5) is 0 Å². The molecule has 0 aromatic heterocycles. The van der Waals surface area contributed by atoms with Crippen molar-refractivity contribution in [1.29, 1.82) is 0 Å². The minimum absolute atomic E-state index is 0.684. The zero-order chi connectivity index (χ0) is 11.7. The second-order valence-electron chi connectivity index (χ2n) is 4.69. The highest BCUT2D eigenvalue weighted by atomic mass is 15.1. The molecule has 0 aromatic carbocycles. The van der Waals surface area contributed by atoms with E-state index in [0.29, 0.717) is 6.04 Å². The molecule has 2 unspecified atom stereocenters. The van der Waals surface area contributed by atoms with Gasteiger partial charge >= 0.3 is 0 Å². The standard InChI is InChI=1S/C13H30N2/c1-6-13(4)15(5)11-9-8-10-12(3)14-7-2/h12-14H,6-11H2,1-5H3. The van der Waals surface area contributed by atoms with E-state index < -0.39 is 0 Å². The molecule has 15 heavy (non-hydrogen) atoms. The average Bonchev–Trinajstić information content (AvgIpc) is 2.23. The van der Waals surface area contributed by atoms with Crippen molar-refractivity contribution in [1.82, 2.24) is 10.2 Å². The van der Waals surface area contributed by atoms with Crippen LogP contribution in [-0.4, -0.2) is 37.1 Å². The van der Waals surface area contributed by atoms with Crippen molar-refractivity contribution in [3.8, 4) is 0 Å². The number of hydrogen-bond donors (Lipinski definition) is 1. The number of unbranched alkanes of at least 4 members (excludes halogenated alkanes) is 1. The summed E-state index contributed by atoms with van der Waals surface area (Å²) < 4.78 is 0. The van der Waals surface area contributed by atoms with Crippen LogP contribution >= 0.6 is 0 Å². The maximum absolute atomic E-state index is 3.45. The van der Waals surface area contributed by atoms with Gasteiger partial charge in [0.15, 0.2) is 0 Å². The predicted molar refractivity (Wildman–Crippen MR) is 69.4 cm³/mol. The first-order valence-electron chi connectivity index (χ1n) is 6.55. The van der Waals surface area contributed by atoms with E-state index in [0.717, 1.165) is 12.6 Å². The summed E-state index contributed by atoms with van der Waals surface area (Å²) in [4.78, 5) is 2.47. The Balaban J connectivity index is 3.37. The first-order chi connectivity index (χ1) is 7.11. The lowest BCUT2D eigenvalue weighted by Crippen LogP contribution is -2.30. The molecule has 0 saturated heterocycles. The quantitative estimate of drug-likeness (QED) is 0.594. The fraction of sp³-hybridized carbons (Fsp3) is 1.00. The summed E-state index contributed by atoms with van der Waals surface area (Å²) >= 11 is 0. The molecule has 0 aromatic rings. The van der Waals surface area contributed by atoms with E-state index in [1.54, 1.807) is 0 Å². The lowest BCUT2D eigenvalue weighted by Gasteiger charge is -2.23. The van der Waals surface area contributed by atoms with Crippen LogP contribution in [0.2, 0.25) is 0 Å². The molecule has 2 atom stereocenters. The molecular formula is C13H30N2. The summed E-state index contributed by atoms with van der Waals surface area (Å²) in [6, 6.07) is 1.42. The first kappa shape index (κ1) is 14.9. The zero-order valence-electron chi connectivity index (χ0n) is 11.3. The Hall–Kier alpha value is -0.0800. The Labute approximate surface area is 96.4 Å². The van der Waals surface area contributed by atoms with Gasteiger partial charge in [-0.05, 0) is 53.2 Å². The van der Waals surface area contributed by atoms with Crippen LogP contribution in [-0.2, 0) is 0 Å². The van der Waals surface area contributed by atoms with Gasteiger partial charge in [-0.15, -0.1) is 0 Å². The van der Waals surface area contributed by atoms with Gasteiger partial charge in [-0.25, -0.2) is 0 Å². The van der Waals surface area contributed by atoms with Gasteiger partial charge in [0.25, 0.3) is 0 Å². The number of hydrogen-bond acceptors (Lipinski definition) is 2. The van der Waals surface area contributed by atoms with Crippen molar-refractivity contribution in [2.24, 2.45) is 0 Å². The molecule has 0 amide bonds. The van der Waals surface area contributed by atoms with Crippen LogP contribution in [0.5, 0.6) is 0 Å². The van der Waals surface area contributed by atoms with Crippen molar-refractivity contribution in [3.63, 3.8) is 0 Å². The van der Waals surface area contributed by atoms with Gasteiger partial charge in [-0.2, -0.15) is 0 Å². The minimum Gasteiger partial charge on any atom is -0.315 e. The molecule has 0 saturated carbocycles. The maximum atomic E-state index is 3.45. The van der Waals surface area contributed by atoms with Gasteiger partial charge in [0, 0.05) is 12.1 Å². The molecule has 0 aliphatic heterocycles. The normalized spacial score (nSPS) is 15.6. The monoisotopic (exact) mass is 214 g/mol. The van der Waals surface area contributed by atoms with Gasteiger partial charge in [0.05, 0.1) is 0 Å². The Morgan fingerprint density at radius 3 is 2.33 bits per heavy atom. The molecule has 92 valence electrons. The summed E-state index contributed by atoms with van der Waals surface area (Å²) in [6.45, 7) is 11.4. The van der Waals surface area contributed by atoms with Crippen LogP contribution < -0.4 is 5.32 Å². The largest absolute Gasteiger partial charge is 0.315 e. The Morgan fingerprint density at radius 1 is 1.13 bits per heavy atom. The highest BCUT2D eigenvalue weighted by Gasteiger charge is 2.06. The van der Waals surface area contributed by atoms with Gasteiger partial charge in [-0.3, -0.25) is 0 Å². The van der Waals surface area contributed by atoms with E-state index in [-0.39, 0.29) is 0 Å². The van der Waals surface area contributed by atoms with Crippen molar-refractivity contribution in [3.05, 3.63) is 0 Å². The van der Waals surface area contributed by atoms with Crippen LogP contribution in [0, 0.1) is 0 Å². The SMILES string of the molecule is CCNC(C)CCCCN(C)C(C)CC. The fourth-order valence-electron chi connectivity index (χ4n) is 1.79. The number of rotatable bonds is 9.